The van der Waals surface area contributed by atoms with Crippen molar-refractivity contribution in [1.82, 2.24) is 0 Å². The maximum Gasteiger partial charge on any atom is 0.196 e. The van der Waals surface area contributed by atoms with Crippen LogP contribution in [-0.4, -0.2) is 12.5 Å². The topological polar surface area (TPSA) is 41.6 Å². The summed E-state index contributed by atoms with van der Waals surface area (Å²) in [5, 5.41) is 0. The Bertz CT molecular complexity index is 657. The molecule has 2 aliphatic rings. The molecule has 2 aromatic rings. The second-order valence-electron chi connectivity index (χ2n) is 5.86. The first-order chi connectivity index (χ1) is 10.3. The van der Waals surface area contributed by atoms with E-state index in [1.807, 2.05) is 18.2 Å². The van der Waals surface area contributed by atoms with Gasteiger partial charge in [-0.2, -0.15) is 0 Å². The summed E-state index contributed by atoms with van der Waals surface area (Å²) < 4.78 is 0. The highest BCUT2D eigenvalue weighted by Gasteiger charge is 2.29. The Kier molecular flexibility index (Phi) is 2.92. The van der Waals surface area contributed by atoms with Gasteiger partial charge in [0.1, 0.15) is 0 Å². The van der Waals surface area contributed by atoms with E-state index in [-0.39, 0.29) is 6.04 Å². The van der Waals surface area contributed by atoms with E-state index in [1.54, 1.807) is 0 Å². The number of nitrogens with two attached hydrogens (primary N) is 1. The van der Waals surface area contributed by atoms with Crippen LogP contribution in [0.4, 0.5) is 5.69 Å². The van der Waals surface area contributed by atoms with E-state index in [1.165, 1.54) is 24.0 Å². The van der Waals surface area contributed by atoms with Crippen LogP contribution in [0.2, 0.25) is 0 Å². The van der Waals surface area contributed by atoms with Crippen molar-refractivity contribution in [1.29, 1.82) is 0 Å². The van der Waals surface area contributed by atoms with E-state index in [2.05, 4.69) is 46.3 Å². The van der Waals surface area contributed by atoms with Gasteiger partial charge in [-0.3, -0.25) is 4.99 Å². The molecule has 0 spiro atoms. The molecule has 1 fully saturated rings. The fourth-order valence-electron chi connectivity index (χ4n) is 3.06. The first-order valence-electron chi connectivity index (χ1n) is 7.57. The molecule has 3 nitrogen and oxygen atoms in total. The zero-order valence-electron chi connectivity index (χ0n) is 11.9. The van der Waals surface area contributed by atoms with Gasteiger partial charge in [0.05, 0.1) is 12.6 Å². The van der Waals surface area contributed by atoms with Crippen molar-refractivity contribution >= 4 is 11.6 Å². The molecular weight excluding hydrogens is 258 g/mol. The monoisotopic (exact) mass is 277 g/mol. The molecule has 0 saturated heterocycles. The fraction of sp³-hybridized carbons (Fsp3) is 0.278. The van der Waals surface area contributed by atoms with Crippen molar-refractivity contribution in [2.45, 2.75) is 24.8 Å². The van der Waals surface area contributed by atoms with Gasteiger partial charge < -0.3 is 10.6 Å². The van der Waals surface area contributed by atoms with Gasteiger partial charge in [-0.25, -0.2) is 0 Å². The first-order valence-corrected chi connectivity index (χ1v) is 7.57. The summed E-state index contributed by atoms with van der Waals surface area (Å²) in [6.07, 6.45) is 2.68. The van der Waals surface area contributed by atoms with Crippen LogP contribution in [0.3, 0.4) is 0 Å². The average molecular weight is 277 g/mol. The van der Waals surface area contributed by atoms with Crippen LogP contribution in [0, 0.1) is 0 Å². The summed E-state index contributed by atoms with van der Waals surface area (Å²) in [6, 6.07) is 19.5. The van der Waals surface area contributed by atoms with Gasteiger partial charge in [-0.05, 0) is 42.0 Å². The summed E-state index contributed by atoms with van der Waals surface area (Å²) in [5.74, 6) is 1.41. The number of rotatable bonds is 3. The van der Waals surface area contributed by atoms with Crippen LogP contribution < -0.4 is 10.6 Å². The first kappa shape index (κ1) is 12.5. The number of guanidine groups is 1. The van der Waals surface area contributed by atoms with Crippen molar-refractivity contribution < 1.29 is 0 Å². The Balaban J connectivity index is 1.64. The van der Waals surface area contributed by atoms with E-state index in [9.17, 15) is 0 Å². The zero-order chi connectivity index (χ0) is 14.2. The lowest BCUT2D eigenvalue weighted by molar-refractivity contribution is 0.768. The standard InChI is InChI=1S/C18H19N3/c19-18-20-12-17(21(18)16-4-2-1-3-5-16)15-10-8-14(9-11-15)13-6-7-13/h1-5,8-11,13,17H,6-7,12H2,(H2,19,20). The molecule has 1 heterocycles. The van der Waals surface area contributed by atoms with Crippen molar-refractivity contribution in [3.63, 3.8) is 0 Å². The SMILES string of the molecule is NC1=NCC(c2ccc(C3CC3)cc2)N1c1ccccc1. The molecule has 2 aromatic carbocycles. The van der Waals surface area contributed by atoms with Gasteiger partial charge in [0.15, 0.2) is 5.96 Å². The third-order valence-electron chi connectivity index (χ3n) is 4.39. The number of para-hydroxylation sites is 1. The predicted molar refractivity (Wildman–Crippen MR) is 86.6 cm³/mol. The van der Waals surface area contributed by atoms with Gasteiger partial charge in [-0.15, -0.1) is 0 Å². The highest BCUT2D eigenvalue weighted by atomic mass is 15.3. The molecule has 1 unspecified atom stereocenters. The van der Waals surface area contributed by atoms with Crippen LogP contribution in [0.1, 0.15) is 35.9 Å². The average Bonchev–Trinajstić information content (AvgIpc) is 3.31. The van der Waals surface area contributed by atoms with Crippen LogP contribution in [-0.2, 0) is 0 Å². The smallest absolute Gasteiger partial charge is 0.196 e. The Labute approximate surface area is 125 Å². The van der Waals surface area contributed by atoms with Crippen LogP contribution in [0.15, 0.2) is 59.6 Å². The molecular formula is C18H19N3. The van der Waals surface area contributed by atoms with Gasteiger partial charge in [-0.1, -0.05) is 42.5 Å². The molecule has 1 atom stereocenters. The van der Waals surface area contributed by atoms with Crippen molar-refractivity contribution in [3.8, 4) is 0 Å². The molecule has 0 radical (unpaired) electrons. The van der Waals surface area contributed by atoms with E-state index in [0.29, 0.717) is 5.96 Å². The molecule has 1 aliphatic heterocycles. The number of benzene rings is 2. The lowest BCUT2D eigenvalue weighted by atomic mass is 10.0. The minimum absolute atomic E-state index is 0.209. The molecule has 0 bridgehead atoms. The Morgan fingerprint density at radius 3 is 2.24 bits per heavy atom. The number of hydrogen-bond donors (Lipinski definition) is 1. The van der Waals surface area contributed by atoms with Crippen LogP contribution in [0.25, 0.3) is 0 Å². The normalized spacial score (nSPS) is 21.4. The van der Waals surface area contributed by atoms with Gasteiger partial charge in [0.25, 0.3) is 0 Å². The third kappa shape index (κ3) is 2.29. The van der Waals surface area contributed by atoms with E-state index in [0.717, 1.165) is 18.2 Å². The minimum Gasteiger partial charge on any atom is -0.369 e. The second kappa shape index (κ2) is 4.92. The molecule has 0 amide bonds. The zero-order valence-corrected chi connectivity index (χ0v) is 11.9. The Hall–Kier alpha value is -2.29. The number of aliphatic imine (C=N–C) groups is 1. The van der Waals surface area contributed by atoms with Gasteiger partial charge in [0.2, 0.25) is 0 Å². The van der Waals surface area contributed by atoms with Gasteiger partial charge >= 0.3 is 0 Å². The summed E-state index contributed by atoms with van der Waals surface area (Å²) in [6.45, 7) is 0.726. The molecule has 1 saturated carbocycles. The predicted octanol–water partition coefficient (Wildman–Crippen LogP) is 3.44. The second-order valence-corrected chi connectivity index (χ2v) is 5.86. The molecule has 2 N–H and O–H groups in total. The minimum atomic E-state index is 0.209. The van der Waals surface area contributed by atoms with Crippen molar-refractivity contribution in [2.75, 3.05) is 11.4 Å². The summed E-state index contributed by atoms with van der Waals surface area (Å²) in [4.78, 5) is 6.57. The summed E-state index contributed by atoms with van der Waals surface area (Å²) in [5.41, 5.74) is 9.96. The van der Waals surface area contributed by atoms with Gasteiger partial charge in [0, 0.05) is 5.69 Å². The van der Waals surface area contributed by atoms with Crippen LogP contribution >= 0.6 is 0 Å². The molecule has 0 aromatic heterocycles. The number of hydrogen-bond acceptors (Lipinski definition) is 3. The van der Waals surface area contributed by atoms with E-state index < -0.39 is 0 Å². The molecule has 21 heavy (non-hydrogen) atoms. The number of nitrogens with zero attached hydrogens (tertiary/aromatic N) is 2. The maximum absolute atomic E-state index is 6.10. The molecule has 1 aliphatic carbocycles. The highest BCUT2D eigenvalue weighted by Crippen LogP contribution is 2.40. The molecule has 106 valence electrons. The third-order valence-corrected chi connectivity index (χ3v) is 4.39. The van der Waals surface area contributed by atoms with Crippen molar-refractivity contribution in [3.05, 3.63) is 65.7 Å². The van der Waals surface area contributed by atoms with E-state index >= 15 is 0 Å². The highest BCUT2D eigenvalue weighted by molar-refractivity contribution is 5.97. The Morgan fingerprint density at radius 1 is 0.905 bits per heavy atom. The number of anilines is 1. The molecule has 4 rings (SSSR count). The summed E-state index contributed by atoms with van der Waals surface area (Å²) in [7, 11) is 0. The summed E-state index contributed by atoms with van der Waals surface area (Å²) >= 11 is 0. The van der Waals surface area contributed by atoms with E-state index in [4.69, 9.17) is 5.73 Å². The Morgan fingerprint density at radius 2 is 1.57 bits per heavy atom. The maximum atomic E-state index is 6.10. The van der Waals surface area contributed by atoms with Crippen molar-refractivity contribution in [2.24, 2.45) is 10.7 Å². The lowest BCUT2D eigenvalue weighted by Crippen LogP contribution is -2.36. The molecule has 3 heteroatoms. The largest absolute Gasteiger partial charge is 0.369 e. The van der Waals surface area contributed by atoms with Crippen LogP contribution in [0.5, 0.6) is 0 Å². The quantitative estimate of drug-likeness (QED) is 0.933. The lowest BCUT2D eigenvalue weighted by Gasteiger charge is -2.26. The fourth-order valence-corrected chi connectivity index (χ4v) is 3.06.